The average molecular weight is 513 g/mol. The van der Waals surface area contributed by atoms with E-state index in [4.69, 9.17) is 4.74 Å². The Labute approximate surface area is 212 Å². The van der Waals surface area contributed by atoms with Gasteiger partial charge in [-0.1, -0.05) is 12.1 Å². The number of nitrogens with one attached hydrogen (secondary N) is 2. The van der Waals surface area contributed by atoms with Gasteiger partial charge in [0, 0.05) is 41.8 Å². The van der Waals surface area contributed by atoms with E-state index in [-0.39, 0.29) is 0 Å². The van der Waals surface area contributed by atoms with Gasteiger partial charge in [0.15, 0.2) is 0 Å². The van der Waals surface area contributed by atoms with E-state index in [1.54, 1.807) is 35.9 Å². The van der Waals surface area contributed by atoms with Gasteiger partial charge in [0.2, 0.25) is 5.88 Å². The second-order valence-electron chi connectivity index (χ2n) is 8.68. The maximum absolute atomic E-state index is 12.3. The Morgan fingerprint density at radius 1 is 1.03 bits per heavy atom. The third kappa shape index (κ3) is 7.20. The minimum atomic E-state index is -4.48. The van der Waals surface area contributed by atoms with Crippen LogP contribution in [0.4, 0.5) is 23.7 Å². The molecular weight excluding hydrogens is 485 g/mol. The second-order valence-corrected chi connectivity index (χ2v) is 8.68. The van der Waals surface area contributed by atoms with Crippen molar-refractivity contribution in [1.29, 1.82) is 0 Å². The number of rotatable bonds is 9. The number of amides is 2. The fraction of sp³-hybridized carbons (Fsp3) is 0.269. The first kappa shape index (κ1) is 26.0. The number of carbonyl (C=O) groups is 1. The predicted molar refractivity (Wildman–Crippen MR) is 136 cm³/mol. The lowest BCUT2D eigenvalue weighted by molar-refractivity contribution is -0.122. The summed E-state index contributed by atoms with van der Waals surface area (Å²) in [5.74, 6) is 0.576. The number of anilines is 1. The maximum Gasteiger partial charge on any atom is 0.405 e. The van der Waals surface area contributed by atoms with Crippen molar-refractivity contribution in [2.45, 2.75) is 12.6 Å². The number of hydrogen-bond acceptors (Lipinski definition) is 5. The number of urea groups is 1. The minimum absolute atomic E-state index is 0.360. The van der Waals surface area contributed by atoms with Crippen molar-refractivity contribution in [3.63, 3.8) is 0 Å². The monoisotopic (exact) mass is 512 g/mol. The Kier molecular flexibility index (Phi) is 7.92. The summed E-state index contributed by atoms with van der Waals surface area (Å²) in [6, 6.07) is 13.5. The molecule has 0 aliphatic carbocycles. The molecule has 2 amide bonds. The van der Waals surface area contributed by atoms with Crippen LogP contribution in [0.3, 0.4) is 0 Å². The van der Waals surface area contributed by atoms with Gasteiger partial charge in [-0.3, -0.25) is 4.40 Å². The van der Waals surface area contributed by atoms with Gasteiger partial charge in [0.1, 0.15) is 12.2 Å². The molecule has 3 aromatic heterocycles. The molecule has 0 saturated carbocycles. The zero-order valence-electron chi connectivity index (χ0n) is 20.4. The molecule has 0 radical (unpaired) electrons. The van der Waals surface area contributed by atoms with Gasteiger partial charge in [0.05, 0.1) is 18.5 Å². The summed E-state index contributed by atoms with van der Waals surface area (Å²) in [6.07, 6.45) is 1.78. The lowest BCUT2D eigenvalue weighted by Crippen LogP contribution is -2.36. The number of halogens is 3. The van der Waals surface area contributed by atoms with E-state index in [1.165, 1.54) is 0 Å². The molecule has 4 aromatic rings. The van der Waals surface area contributed by atoms with Gasteiger partial charge >= 0.3 is 12.2 Å². The zero-order valence-corrected chi connectivity index (χ0v) is 20.4. The first-order valence-corrected chi connectivity index (χ1v) is 11.6. The summed E-state index contributed by atoms with van der Waals surface area (Å²) < 4.78 is 44.6. The van der Waals surface area contributed by atoms with E-state index in [0.29, 0.717) is 23.8 Å². The van der Waals surface area contributed by atoms with Crippen molar-refractivity contribution in [3.8, 4) is 28.3 Å². The standard InChI is InChI=1S/C26H27F3N6O2/c1-34(2)10-4-12-37-24-8-7-20(15-31-24)18-9-11-35-22(16-30-23(35)14-18)19-5-3-6-21(13-19)33-25(36)32-17-26(27,28)29/h3,5-9,11,13-16H,4,10,12,17H2,1-2H3,(H2,32,33,36). The molecule has 0 atom stereocenters. The van der Waals surface area contributed by atoms with E-state index in [0.717, 1.165) is 35.3 Å². The van der Waals surface area contributed by atoms with Gasteiger partial charge in [0.25, 0.3) is 0 Å². The summed E-state index contributed by atoms with van der Waals surface area (Å²) in [5.41, 5.74) is 4.43. The maximum atomic E-state index is 12.3. The van der Waals surface area contributed by atoms with Gasteiger partial charge in [-0.25, -0.2) is 14.8 Å². The molecule has 0 aliphatic rings. The molecule has 37 heavy (non-hydrogen) atoms. The summed E-state index contributed by atoms with van der Waals surface area (Å²) in [5, 5.41) is 4.21. The van der Waals surface area contributed by atoms with Crippen LogP contribution in [-0.2, 0) is 0 Å². The van der Waals surface area contributed by atoms with E-state index < -0.39 is 18.8 Å². The summed E-state index contributed by atoms with van der Waals surface area (Å²) in [6.45, 7) is 0.140. The van der Waals surface area contributed by atoms with Crippen LogP contribution in [0.5, 0.6) is 5.88 Å². The summed E-state index contributed by atoms with van der Waals surface area (Å²) in [4.78, 5) is 22.8. The van der Waals surface area contributed by atoms with Crippen LogP contribution in [0.15, 0.2) is 67.1 Å². The van der Waals surface area contributed by atoms with Crippen LogP contribution in [0.25, 0.3) is 28.0 Å². The molecule has 0 fully saturated rings. The highest BCUT2D eigenvalue weighted by molar-refractivity contribution is 5.90. The fourth-order valence-electron chi connectivity index (χ4n) is 3.68. The van der Waals surface area contributed by atoms with E-state index >= 15 is 0 Å². The molecule has 3 heterocycles. The molecule has 0 unspecified atom stereocenters. The van der Waals surface area contributed by atoms with Crippen molar-refractivity contribution in [2.75, 3.05) is 39.1 Å². The number of aromatic nitrogens is 3. The van der Waals surface area contributed by atoms with Crippen molar-refractivity contribution in [2.24, 2.45) is 0 Å². The number of ether oxygens (including phenoxy) is 1. The highest BCUT2D eigenvalue weighted by atomic mass is 19.4. The number of hydrogen-bond donors (Lipinski definition) is 2. The Hall–Kier alpha value is -4.12. The van der Waals surface area contributed by atoms with Gasteiger partial charge in [-0.2, -0.15) is 13.2 Å². The molecule has 2 N–H and O–H groups in total. The van der Waals surface area contributed by atoms with Crippen molar-refractivity contribution in [1.82, 2.24) is 24.6 Å². The molecule has 1 aromatic carbocycles. The van der Waals surface area contributed by atoms with Crippen molar-refractivity contribution >= 4 is 17.4 Å². The van der Waals surface area contributed by atoms with Gasteiger partial charge in [-0.15, -0.1) is 0 Å². The third-order valence-corrected chi connectivity index (χ3v) is 5.45. The normalized spacial score (nSPS) is 11.6. The largest absolute Gasteiger partial charge is 0.478 e. The van der Waals surface area contributed by atoms with Crippen LogP contribution in [-0.4, -0.2) is 65.3 Å². The molecular formula is C26H27F3N6O2. The minimum Gasteiger partial charge on any atom is -0.478 e. The van der Waals surface area contributed by atoms with Crippen molar-refractivity contribution < 1.29 is 22.7 Å². The second kappa shape index (κ2) is 11.3. The third-order valence-electron chi connectivity index (χ3n) is 5.45. The zero-order chi connectivity index (χ0) is 26.4. The number of pyridine rings is 2. The fourth-order valence-corrected chi connectivity index (χ4v) is 3.68. The summed E-state index contributed by atoms with van der Waals surface area (Å²) >= 11 is 0. The first-order valence-electron chi connectivity index (χ1n) is 11.6. The lowest BCUT2D eigenvalue weighted by Gasteiger charge is -2.11. The topological polar surface area (TPSA) is 83.8 Å². The average Bonchev–Trinajstić information content (AvgIpc) is 3.29. The van der Waals surface area contributed by atoms with E-state index in [9.17, 15) is 18.0 Å². The van der Waals surface area contributed by atoms with Gasteiger partial charge < -0.3 is 20.3 Å². The van der Waals surface area contributed by atoms with E-state index in [2.05, 4.69) is 20.2 Å². The van der Waals surface area contributed by atoms with Gasteiger partial charge in [-0.05, 0) is 56.4 Å². The summed E-state index contributed by atoms with van der Waals surface area (Å²) in [7, 11) is 4.04. The number of benzene rings is 1. The first-order chi connectivity index (χ1) is 17.7. The molecule has 0 saturated heterocycles. The van der Waals surface area contributed by atoms with Crippen molar-refractivity contribution in [3.05, 3.63) is 67.1 Å². The van der Waals surface area contributed by atoms with Crippen LogP contribution < -0.4 is 15.4 Å². The number of carbonyl (C=O) groups excluding carboxylic acids is 1. The van der Waals surface area contributed by atoms with Crippen LogP contribution in [0, 0.1) is 0 Å². The molecule has 0 bridgehead atoms. The Morgan fingerprint density at radius 2 is 1.86 bits per heavy atom. The predicted octanol–water partition coefficient (Wildman–Crippen LogP) is 5.08. The molecule has 0 aliphatic heterocycles. The highest BCUT2D eigenvalue weighted by Crippen LogP contribution is 2.27. The molecule has 194 valence electrons. The molecule has 4 rings (SSSR count). The highest BCUT2D eigenvalue weighted by Gasteiger charge is 2.27. The molecule has 8 nitrogen and oxygen atoms in total. The molecule has 11 heteroatoms. The lowest BCUT2D eigenvalue weighted by atomic mass is 10.1. The number of nitrogens with zero attached hydrogens (tertiary/aromatic N) is 4. The number of imidazole rings is 1. The number of alkyl halides is 3. The SMILES string of the molecule is CN(C)CCCOc1ccc(-c2ccn3c(-c4cccc(NC(=O)NCC(F)(F)F)c4)cnc3c2)cn1. The van der Waals surface area contributed by atoms with E-state index in [1.807, 2.05) is 55.0 Å². The smallest absolute Gasteiger partial charge is 0.405 e. The Morgan fingerprint density at radius 3 is 2.59 bits per heavy atom. The Bertz CT molecular complexity index is 1350. The number of fused-ring (bicyclic) bond motifs is 1. The van der Waals surface area contributed by atoms with Crippen LogP contribution in [0.2, 0.25) is 0 Å². The van der Waals surface area contributed by atoms with Crippen LogP contribution in [0.1, 0.15) is 6.42 Å². The van der Waals surface area contributed by atoms with Crippen LogP contribution >= 0.6 is 0 Å². The Balaban J connectivity index is 1.45. The molecule has 0 spiro atoms. The quantitative estimate of drug-likeness (QED) is 0.306.